The van der Waals surface area contributed by atoms with Crippen LogP contribution >= 0.6 is 0 Å². The van der Waals surface area contributed by atoms with Gasteiger partial charge in [-0.3, -0.25) is 10.5 Å². The summed E-state index contributed by atoms with van der Waals surface area (Å²) in [5.74, 6) is -0.779. The Hall–Kier alpha value is -2.42. The first-order valence-electron chi connectivity index (χ1n) is 10.0. The molecule has 0 saturated carbocycles. The number of alkyl halides is 3. The second-order valence-corrected chi connectivity index (χ2v) is 7.47. The van der Waals surface area contributed by atoms with Crippen LogP contribution in [-0.2, 0) is 23.8 Å². The lowest BCUT2D eigenvalue weighted by molar-refractivity contribution is -0.137. The van der Waals surface area contributed by atoms with E-state index in [1.54, 1.807) is 0 Å². The predicted octanol–water partition coefficient (Wildman–Crippen LogP) is 4.01. The highest BCUT2D eigenvalue weighted by Crippen LogP contribution is 2.29. The Balaban J connectivity index is 1.62. The first kappa shape index (κ1) is 22.3. The number of carbonyl (C=O) groups excluding carboxylic acids is 1. The molecule has 0 fully saturated rings. The van der Waals surface area contributed by atoms with Crippen LogP contribution in [-0.4, -0.2) is 12.3 Å². The van der Waals surface area contributed by atoms with Crippen LogP contribution in [0.5, 0.6) is 0 Å². The van der Waals surface area contributed by atoms with Gasteiger partial charge in [0, 0.05) is 5.56 Å². The summed E-state index contributed by atoms with van der Waals surface area (Å²) in [5, 5.41) is 2.33. The van der Waals surface area contributed by atoms with E-state index in [1.807, 2.05) is 18.2 Å². The lowest BCUT2D eigenvalue weighted by atomic mass is 9.92. The summed E-state index contributed by atoms with van der Waals surface area (Å²) in [7, 11) is 0. The summed E-state index contributed by atoms with van der Waals surface area (Å²) in [6, 6.07) is 10.0. The molecule has 1 aliphatic carbocycles. The molecule has 2 atom stereocenters. The van der Waals surface area contributed by atoms with E-state index in [9.17, 15) is 18.0 Å². The average molecular weight is 421 g/mol. The van der Waals surface area contributed by atoms with Gasteiger partial charge in [0.2, 0.25) is 0 Å². The van der Waals surface area contributed by atoms with E-state index < -0.39 is 30.2 Å². The van der Waals surface area contributed by atoms with E-state index in [0.717, 1.165) is 43.0 Å². The number of carbonyl (C=O) groups is 1. The number of benzene rings is 2. The van der Waals surface area contributed by atoms with Crippen LogP contribution in [0.4, 0.5) is 13.2 Å². The Morgan fingerprint density at radius 2 is 1.67 bits per heavy atom. The molecule has 0 aliphatic heterocycles. The van der Waals surface area contributed by atoms with E-state index in [4.69, 9.17) is 16.2 Å². The second-order valence-electron chi connectivity index (χ2n) is 7.47. The van der Waals surface area contributed by atoms with Crippen molar-refractivity contribution in [3.05, 3.63) is 70.3 Å². The van der Waals surface area contributed by atoms with Crippen LogP contribution in [0.1, 0.15) is 64.5 Å². The van der Waals surface area contributed by atoms with Crippen LogP contribution in [0.15, 0.2) is 42.5 Å². The number of aryl methyl sites for hydroxylation is 2. The van der Waals surface area contributed by atoms with Crippen molar-refractivity contribution in [2.75, 3.05) is 0 Å². The Kier molecular flexibility index (Phi) is 7.12. The molecule has 162 valence electrons. The maximum atomic E-state index is 12.8. The number of hydrogen-bond donors (Lipinski definition) is 3. The normalized spacial score (nSPS) is 16.7. The van der Waals surface area contributed by atoms with E-state index in [-0.39, 0.29) is 5.56 Å². The summed E-state index contributed by atoms with van der Waals surface area (Å²) < 4.78 is 43.9. The van der Waals surface area contributed by atoms with E-state index in [0.29, 0.717) is 0 Å². The van der Waals surface area contributed by atoms with Crippen molar-refractivity contribution < 1.29 is 22.7 Å². The highest BCUT2D eigenvalue weighted by Gasteiger charge is 2.31. The van der Waals surface area contributed by atoms with E-state index in [2.05, 4.69) is 5.32 Å². The quantitative estimate of drug-likeness (QED) is 0.637. The van der Waals surface area contributed by atoms with E-state index >= 15 is 0 Å². The van der Waals surface area contributed by atoms with Gasteiger partial charge in [0.15, 0.2) is 6.35 Å². The largest absolute Gasteiger partial charge is 0.416 e. The van der Waals surface area contributed by atoms with Crippen LogP contribution in [0.25, 0.3) is 0 Å². The van der Waals surface area contributed by atoms with Gasteiger partial charge in [0.1, 0.15) is 6.23 Å². The second kappa shape index (κ2) is 9.59. The van der Waals surface area contributed by atoms with Gasteiger partial charge in [-0.2, -0.15) is 13.2 Å². The molecule has 1 amide bonds. The minimum Gasteiger partial charge on any atom is -0.323 e. The smallest absolute Gasteiger partial charge is 0.323 e. The third kappa shape index (κ3) is 5.81. The van der Waals surface area contributed by atoms with E-state index in [1.165, 1.54) is 36.5 Å². The minimum absolute atomic E-state index is 0.168. The molecular weight excluding hydrogens is 395 g/mol. The topological polar surface area (TPSA) is 90.4 Å². The van der Waals surface area contributed by atoms with Crippen molar-refractivity contribution in [1.82, 2.24) is 5.32 Å². The molecule has 0 aromatic heterocycles. The summed E-state index contributed by atoms with van der Waals surface area (Å²) in [5.41, 5.74) is 14.1. The fourth-order valence-electron chi connectivity index (χ4n) is 3.60. The number of ether oxygens (including phenoxy) is 1. The van der Waals surface area contributed by atoms with Gasteiger partial charge in [-0.05, 0) is 60.6 Å². The molecule has 0 heterocycles. The van der Waals surface area contributed by atoms with Gasteiger partial charge in [-0.15, -0.1) is 0 Å². The molecule has 2 aromatic rings. The third-order valence-electron chi connectivity index (χ3n) is 5.22. The highest BCUT2D eigenvalue weighted by atomic mass is 19.4. The van der Waals surface area contributed by atoms with Gasteiger partial charge in [-0.1, -0.05) is 37.1 Å². The SMILES string of the molecule is NC(NC(=O)c1cccc(C(F)(F)F)c1)OC(N)c1ccc2c(c1)CCCCCC2. The van der Waals surface area contributed by atoms with Gasteiger partial charge in [-0.25, -0.2) is 0 Å². The van der Waals surface area contributed by atoms with Crippen molar-refractivity contribution in [3.8, 4) is 0 Å². The zero-order valence-corrected chi connectivity index (χ0v) is 16.5. The van der Waals surface area contributed by atoms with Crippen LogP contribution < -0.4 is 16.8 Å². The molecule has 0 bridgehead atoms. The van der Waals surface area contributed by atoms with Gasteiger partial charge in [0.25, 0.3) is 5.91 Å². The third-order valence-corrected chi connectivity index (χ3v) is 5.22. The van der Waals surface area contributed by atoms with Crippen molar-refractivity contribution >= 4 is 5.91 Å². The number of rotatable bonds is 5. The average Bonchev–Trinajstić information content (AvgIpc) is 2.67. The molecule has 5 N–H and O–H groups in total. The van der Waals surface area contributed by atoms with Crippen molar-refractivity contribution in [2.24, 2.45) is 11.5 Å². The predicted molar refractivity (Wildman–Crippen MR) is 107 cm³/mol. The standard InChI is InChI=1S/C22H26F3N3O2/c23-22(24,25)18-9-5-8-17(13-18)20(29)28-21(27)30-19(26)16-11-10-14-6-3-1-2-4-7-15(14)12-16/h5,8-13,19,21H,1-4,6-7,26-27H2,(H,28,29). The van der Waals surface area contributed by atoms with Gasteiger partial charge in [0.05, 0.1) is 5.56 Å². The molecule has 8 heteroatoms. The molecular formula is C22H26F3N3O2. The summed E-state index contributed by atoms with van der Waals surface area (Å²) in [6.45, 7) is 0. The molecule has 0 radical (unpaired) electrons. The molecule has 2 unspecified atom stereocenters. The van der Waals surface area contributed by atoms with Gasteiger partial charge >= 0.3 is 6.18 Å². The molecule has 0 spiro atoms. The molecule has 3 rings (SSSR count). The summed E-state index contributed by atoms with van der Waals surface area (Å²) >= 11 is 0. The van der Waals surface area contributed by atoms with Crippen LogP contribution in [0, 0.1) is 0 Å². The van der Waals surface area contributed by atoms with Crippen molar-refractivity contribution in [2.45, 2.75) is 57.3 Å². The molecule has 0 saturated heterocycles. The highest BCUT2D eigenvalue weighted by molar-refractivity contribution is 5.94. The fraction of sp³-hybridized carbons (Fsp3) is 0.409. The van der Waals surface area contributed by atoms with Gasteiger partial charge < -0.3 is 15.8 Å². The molecule has 1 aliphatic rings. The zero-order chi connectivity index (χ0) is 21.7. The Labute approximate surface area is 173 Å². The van der Waals surface area contributed by atoms with Crippen molar-refractivity contribution in [3.63, 3.8) is 0 Å². The first-order valence-corrected chi connectivity index (χ1v) is 10.0. The number of nitrogens with two attached hydrogens (primary N) is 2. The summed E-state index contributed by atoms with van der Waals surface area (Å²) in [4.78, 5) is 12.2. The number of hydrogen-bond acceptors (Lipinski definition) is 4. The van der Waals surface area contributed by atoms with Crippen LogP contribution in [0.3, 0.4) is 0 Å². The maximum absolute atomic E-state index is 12.8. The molecule has 30 heavy (non-hydrogen) atoms. The lowest BCUT2D eigenvalue weighted by Gasteiger charge is -2.22. The maximum Gasteiger partial charge on any atom is 0.416 e. The first-order chi connectivity index (χ1) is 14.2. The number of halogens is 3. The Morgan fingerprint density at radius 3 is 2.37 bits per heavy atom. The minimum atomic E-state index is -4.54. The monoisotopic (exact) mass is 421 g/mol. The molecule has 5 nitrogen and oxygen atoms in total. The summed E-state index contributed by atoms with van der Waals surface area (Å²) in [6.07, 6.45) is 0.0684. The van der Waals surface area contributed by atoms with Crippen LogP contribution in [0.2, 0.25) is 0 Å². The molecule has 2 aromatic carbocycles. The Bertz CT molecular complexity index is 886. The van der Waals surface area contributed by atoms with Crippen molar-refractivity contribution in [1.29, 1.82) is 0 Å². The number of nitrogens with one attached hydrogen (secondary N) is 1. The fourth-order valence-corrected chi connectivity index (χ4v) is 3.60. The number of fused-ring (bicyclic) bond motifs is 1. The number of amides is 1. The zero-order valence-electron chi connectivity index (χ0n) is 16.5. The lowest BCUT2D eigenvalue weighted by Crippen LogP contribution is -2.45. The Morgan fingerprint density at radius 1 is 0.967 bits per heavy atom.